The number of fused-ring (bicyclic) bond motifs is 2. The van der Waals surface area contributed by atoms with Crippen LogP contribution < -0.4 is 0 Å². The van der Waals surface area contributed by atoms with E-state index in [0.717, 1.165) is 41.0 Å². The summed E-state index contributed by atoms with van der Waals surface area (Å²) < 4.78 is 7.69. The summed E-state index contributed by atoms with van der Waals surface area (Å²) in [4.78, 5) is 27.4. The van der Waals surface area contributed by atoms with E-state index in [1.54, 1.807) is 17.4 Å². The number of pyridine rings is 1. The Hall–Kier alpha value is -2.56. The molecule has 10 heteroatoms. The van der Waals surface area contributed by atoms with Gasteiger partial charge in [0.2, 0.25) is 5.76 Å². The van der Waals surface area contributed by atoms with Crippen molar-refractivity contribution < 1.29 is 9.21 Å². The van der Waals surface area contributed by atoms with Crippen molar-refractivity contribution in [2.24, 2.45) is 0 Å². The van der Waals surface area contributed by atoms with Crippen LogP contribution in [0.5, 0.6) is 0 Å². The molecule has 0 bridgehead atoms. The minimum atomic E-state index is -0.391. The van der Waals surface area contributed by atoms with Crippen LogP contribution in [0.25, 0.3) is 5.52 Å². The summed E-state index contributed by atoms with van der Waals surface area (Å²) in [6.07, 6.45) is 8.04. The minimum absolute atomic E-state index is 0.176. The molecule has 0 radical (unpaired) electrons. The van der Waals surface area contributed by atoms with E-state index in [1.807, 2.05) is 16.8 Å². The molecule has 2 aliphatic rings. The number of nitrogens with one attached hydrogen (secondary N) is 1. The third-order valence-corrected chi connectivity index (χ3v) is 6.76. The standard InChI is InChI=1S/C21H22N6O2P2/c28-20(16-9-22-19(29-16)11-3-4-11)26-7-5-13-17(24-10-23-13)18(26)14-8-15-12(21(30)31)2-1-6-27(15)25-14/h1-2,6,8-11,18,21H,3-5,7,30-31H2,(H,23,24)/t18-/m1/s1. The number of amides is 1. The Bertz CT molecular complexity index is 1290. The molecular formula is C21H22N6O2P2. The molecule has 6 rings (SSSR count). The van der Waals surface area contributed by atoms with Gasteiger partial charge in [0.1, 0.15) is 6.04 Å². The average molecular weight is 452 g/mol. The van der Waals surface area contributed by atoms with Crippen LogP contribution in [-0.4, -0.2) is 41.9 Å². The van der Waals surface area contributed by atoms with Gasteiger partial charge in [0.25, 0.3) is 5.91 Å². The van der Waals surface area contributed by atoms with Gasteiger partial charge in [-0.05, 0) is 30.5 Å². The Labute approximate surface area is 183 Å². The Kier molecular flexibility index (Phi) is 4.48. The number of rotatable bonds is 4. The van der Waals surface area contributed by atoms with Gasteiger partial charge >= 0.3 is 0 Å². The molecule has 1 amide bonds. The third-order valence-electron chi connectivity index (χ3n) is 6.04. The first-order valence-corrected chi connectivity index (χ1v) is 11.7. The molecule has 1 aliphatic carbocycles. The molecule has 158 valence electrons. The van der Waals surface area contributed by atoms with Crippen LogP contribution in [0, 0.1) is 0 Å². The summed E-state index contributed by atoms with van der Waals surface area (Å²) >= 11 is 0. The van der Waals surface area contributed by atoms with Crippen LogP contribution in [0.3, 0.4) is 0 Å². The van der Waals surface area contributed by atoms with Crippen LogP contribution in [0.15, 0.2) is 41.3 Å². The first kappa shape index (κ1) is 19.1. The fourth-order valence-corrected chi connectivity index (χ4v) is 4.88. The fourth-order valence-electron chi connectivity index (χ4n) is 4.31. The predicted octanol–water partition coefficient (Wildman–Crippen LogP) is 3.46. The molecule has 4 aromatic heterocycles. The zero-order chi connectivity index (χ0) is 21.1. The quantitative estimate of drug-likeness (QED) is 0.479. The molecule has 8 nitrogen and oxygen atoms in total. The number of hydrogen-bond acceptors (Lipinski definition) is 5. The van der Waals surface area contributed by atoms with Gasteiger partial charge in [-0.15, -0.1) is 18.5 Å². The van der Waals surface area contributed by atoms with E-state index < -0.39 is 6.04 Å². The third kappa shape index (κ3) is 3.20. The Balaban J connectivity index is 1.44. The van der Waals surface area contributed by atoms with Crippen LogP contribution in [0.4, 0.5) is 0 Å². The fraction of sp³-hybridized carbons (Fsp3) is 0.333. The monoisotopic (exact) mass is 452 g/mol. The molecule has 4 aromatic rings. The van der Waals surface area contributed by atoms with Crippen LogP contribution in [0.1, 0.15) is 69.3 Å². The Morgan fingerprint density at radius 1 is 1.29 bits per heavy atom. The number of H-pyrrole nitrogens is 1. The van der Waals surface area contributed by atoms with Crippen molar-refractivity contribution >= 4 is 29.9 Å². The predicted molar refractivity (Wildman–Crippen MR) is 121 cm³/mol. The van der Waals surface area contributed by atoms with Crippen molar-refractivity contribution in [1.82, 2.24) is 29.5 Å². The molecule has 5 heterocycles. The molecule has 0 spiro atoms. The minimum Gasteiger partial charge on any atom is -0.435 e. The lowest BCUT2D eigenvalue weighted by atomic mass is 9.99. The van der Waals surface area contributed by atoms with E-state index >= 15 is 0 Å². The molecule has 3 atom stereocenters. The van der Waals surface area contributed by atoms with Gasteiger partial charge in [-0.25, -0.2) is 14.5 Å². The number of imidazole rings is 1. The number of nitrogens with zero attached hydrogens (tertiary/aromatic N) is 5. The average Bonchev–Trinajstić information content (AvgIpc) is 3.19. The lowest BCUT2D eigenvalue weighted by Crippen LogP contribution is -2.40. The molecule has 1 N–H and O–H groups in total. The molecule has 1 saturated carbocycles. The van der Waals surface area contributed by atoms with E-state index in [1.165, 1.54) is 0 Å². The highest BCUT2D eigenvalue weighted by Gasteiger charge is 2.38. The molecule has 1 fully saturated rings. The summed E-state index contributed by atoms with van der Waals surface area (Å²) in [5.74, 6) is 1.14. The van der Waals surface area contributed by atoms with Gasteiger partial charge in [0.15, 0.2) is 5.89 Å². The van der Waals surface area contributed by atoms with Gasteiger partial charge in [-0.3, -0.25) is 4.79 Å². The van der Waals surface area contributed by atoms with E-state index in [-0.39, 0.29) is 17.1 Å². The summed E-state index contributed by atoms with van der Waals surface area (Å²) in [6.45, 7) is 0.550. The Morgan fingerprint density at radius 3 is 2.97 bits per heavy atom. The van der Waals surface area contributed by atoms with Gasteiger partial charge in [-0.1, -0.05) is 6.07 Å². The second-order valence-electron chi connectivity index (χ2n) is 8.14. The molecule has 31 heavy (non-hydrogen) atoms. The van der Waals surface area contributed by atoms with Gasteiger partial charge in [-0.2, -0.15) is 5.10 Å². The second kappa shape index (κ2) is 7.25. The van der Waals surface area contributed by atoms with Gasteiger partial charge in [0, 0.05) is 36.2 Å². The largest absolute Gasteiger partial charge is 0.435 e. The second-order valence-corrected chi connectivity index (χ2v) is 10.3. The number of carbonyl (C=O) groups is 1. The van der Waals surface area contributed by atoms with Crippen LogP contribution in [0.2, 0.25) is 0 Å². The van der Waals surface area contributed by atoms with Crippen molar-refractivity contribution in [2.45, 2.75) is 36.6 Å². The summed E-state index contributed by atoms with van der Waals surface area (Å²) in [6, 6.07) is 5.74. The van der Waals surface area contributed by atoms with Gasteiger partial charge in [0.05, 0.1) is 29.4 Å². The summed E-state index contributed by atoms with van der Waals surface area (Å²) in [7, 11) is 5.60. The molecule has 1 aliphatic heterocycles. The molecule has 2 unspecified atom stereocenters. The lowest BCUT2D eigenvalue weighted by molar-refractivity contribution is 0.0652. The number of hydrogen-bond donors (Lipinski definition) is 1. The van der Waals surface area contributed by atoms with E-state index in [9.17, 15) is 4.79 Å². The van der Waals surface area contributed by atoms with Crippen molar-refractivity contribution in [3.63, 3.8) is 0 Å². The number of carbonyl (C=O) groups excluding carboxylic acids is 1. The zero-order valence-corrected chi connectivity index (χ0v) is 19.0. The topological polar surface area (TPSA) is 92.3 Å². The maximum atomic E-state index is 13.5. The summed E-state index contributed by atoms with van der Waals surface area (Å²) in [5, 5.41) is 5.03. The molecule has 0 aromatic carbocycles. The van der Waals surface area contributed by atoms with Crippen molar-refractivity contribution in [2.75, 3.05) is 6.54 Å². The normalized spacial score (nSPS) is 18.7. The first-order valence-electron chi connectivity index (χ1n) is 10.4. The van der Waals surface area contributed by atoms with Crippen molar-refractivity contribution in [3.8, 4) is 0 Å². The maximum Gasteiger partial charge on any atom is 0.292 e. The van der Waals surface area contributed by atoms with Crippen LogP contribution in [-0.2, 0) is 6.42 Å². The van der Waals surface area contributed by atoms with E-state index in [2.05, 4.69) is 45.6 Å². The van der Waals surface area contributed by atoms with Gasteiger partial charge < -0.3 is 14.3 Å². The summed E-state index contributed by atoms with van der Waals surface area (Å²) in [5.41, 5.74) is 4.82. The highest BCUT2D eigenvalue weighted by Crippen LogP contribution is 2.40. The highest BCUT2D eigenvalue weighted by molar-refractivity contribution is 7.37. The number of aromatic amines is 1. The van der Waals surface area contributed by atoms with E-state index in [4.69, 9.17) is 9.52 Å². The number of aromatic nitrogens is 5. The zero-order valence-electron chi connectivity index (χ0n) is 16.7. The lowest BCUT2D eigenvalue weighted by Gasteiger charge is -2.33. The number of oxazole rings is 1. The molecule has 0 saturated heterocycles. The SMILES string of the molecule is O=C(c1cnc(C2CC2)o1)N1CCc2[nH]cnc2[C@H]1c1cc2c(C(P)P)cccn2n1. The van der Waals surface area contributed by atoms with Crippen molar-refractivity contribution in [1.29, 1.82) is 0 Å². The smallest absolute Gasteiger partial charge is 0.292 e. The maximum absolute atomic E-state index is 13.5. The van der Waals surface area contributed by atoms with Crippen LogP contribution >= 0.6 is 18.5 Å². The highest BCUT2D eigenvalue weighted by atomic mass is 31.1. The Morgan fingerprint density at radius 2 is 2.16 bits per heavy atom. The first-order chi connectivity index (χ1) is 15.1. The van der Waals surface area contributed by atoms with E-state index in [0.29, 0.717) is 24.8 Å². The molecular weight excluding hydrogens is 430 g/mol. The van der Waals surface area contributed by atoms with Crippen molar-refractivity contribution in [3.05, 3.63) is 71.2 Å².